The normalized spacial score (nSPS) is 12.1. The third-order valence-corrected chi connectivity index (χ3v) is 3.02. The van der Waals surface area contributed by atoms with E-state index in [0.29, 0.717) is 6.04 Å². The van der Waals surface area contributed by atoms with Gasteiger partial charge in [0.05, 0.1) is 0 Å². The number of nitrogens with one attached hydrogen (secondary N) is 1. The molecule has 0 bridgehead atoms. The summed E-state index contributed by atoms with van der Waals surface area (Å²) in [6, 6.07) is 7.03. The van der Waals surface area contributed by atoms with Gasteiger partial charge in [-0.1, -0.05) is 25.1 Å². The van der Waals surface area contributed by atoms with Gasteiger partial charge in [-0.25, -0.2) is 0 Å². The first-order chi connectivity index (χ1) is 7.67. The molecular formula is C15H21N. The summed E-state index contributed by atoms with van der Waals surface area (Å²) in [5.74, 6) is 2.71. The van der Waals surface area contributed by atoms with Crippen molar-refractivity contribution in [3.8, 4) is 12.3 Å². The van der Waals surface area contributed by atoms with Gasteiger partial charge >= 0.3 is 0 Å². The van der Waals surface area contributed by atoms with Crippen molar-refractivity contribution in [3.63, 3.8) is 0 Å². The molecule has 16 heavy (non-hydrogen) atoms. The van der Waals surface area contributed by atoms with Crippen LogP contribution >= 0.6 is 0 Å². The Balaban J connectivity index is 2.54. The Morgan fingerprint density at radius 1 is 1.31 bits per heavy atom. The summed E-state index contributed by atoms with van der Waals surface area (Å²) in [6.45, 7) is 7.36. The molecule has 1 N–H and O–H groups in total. The summed E-state index contributed by atoms with van der Waals surface area (Å²) in [7, 11) is 0. The maximum Gasteiger partial charge on any atom is 0.0240 e. The van der Waals surface area contributed by atoms with Crippen molar-refractivity contribution in [3.05, 3.63) is 34.9 Å². The average molecular weight is 215 g/mol. The summed E-state index contributed by atoms with van der Waals surface area (Å²) < 4.78 is 0. The number of terminal acetylenes is 1. The minimum Gasteiger partial charge on any atom is -0.309 e. The molecule has 1 rings (SSSR count). The van der Waals surface area contributed by atoms with E-state index in [1.54, 1.807) is 0 Å². The highest BCUT2D eigenvalue weighted by molar-refractivity contribution is 5.29. The molecule has 0 aromatic heterocycles. The molecule has 1 unspecified atom stereocenters. The van der Waals surface area contributed by atoms with Crippen LogP contribution in [0.3, 0.4) is 0 Å². The molecule has 1 atom stereocenters. The minimum absolute atomic E-state index is 0.437. The molecule has 0 radical (unpaired) electrons. The van der Waals surface area contributed by atoms with Gasteiger partial charge in [0.2, 0.25) is 0 Å². The van der Waals surface area contributed by atoms with E-state index in [2.05, 4.69) is 50.2 Å². The zero-order valence-corrected chi connectivity index (χ0v) is 10.5. The van der Waals surface area contributed by atoms with Crippen molar-refractivity contribution in [2.45, 2.75) is 46.2 Å². The summed E-state index contributed by atoms with van der Waals surface area (Å²) in [5.41, 5.74) is 4.03. The Kier molecular flexibility index (Phi) is 5.08. The number of rotatable bonds is 5. The first-order valence-electron chi connectivity index (χ1n) is 5.90. The van der Waals surface area contributed by atoms with Crippen molar-refractivity contribution >= 4 is 0 Å². The van der Waals surface area contributed by atoms with Gasteiger partial charge in [-0.15, -0.1) is 12.3 Å². The average Bonchev–Trinajstić information content (AvgIpc) is 2.28. The van der Waals surface area contributed by atoms with Gasteiger partial charge in [0.15, 0.2) is 0 Å². The molecule has 0 aliphatic carbocycles. The molecule has 0 saturated heterocycles. The van der Waals surface area contributed by atoms with Crippen LogP contribution in [0.4, 0.5) is 0 Å². The Labute approximate surface area is 99.3 Å². The Bertz CT molecular complexity index is 374. The smallest absolute Gasteiger partial charge is 0.0240 e. The molecule has 1 aromatic carbocycles. The van der Waals surface area contributed by atoms with Crippen molar-refractivity contribution in [2.24, 2.45) is 0 Å². The number of aryl methyl sites for hydroxylation is 2. The minimum atomic E-state index is 0.437. The van der Waals surface area contributed by atoms with E-state index in [4.69, 9.17) is 6.42 Å². The second-order valence-corrected chi connectivity index (χ2v) is 4.31. The lowest BCUT2D eigenvalue weighted by Gasteiger charge is -2.14. The lowest BCUT2D eigenvalue weighted by Crippen LogP contribution is -2.27. The van der Waals surface area contributed by atoms with Crippen LogP contribution in [-0.4, -0.2) is 6.04 Å². The third-order valence-electron chi connectivity index (χ3n) is 3.02. The predicted octanol–water partition coefficient (Wildman–Crippen LogP) is 3.19. The molecule has 1 nitrogen and oxygen atoms in total. The van der Waals surface area contributed by atoms with Gasteiger partial charge in [0.25, 0.3) is 0 Å². The second-order valence-electron chi connectivity index (χ2n) is 4.31. The standard InChI is InChI=1S/C15H21N/c1-5-7-15(6-2)16-11-14-9-8-12(3)13(4)10-14/h1,8-10,15-16H,6-7,11H2,2-4H3. The second kappa shape index (κ2) is 6.35. The maximum absolute atomic E-state index is 5.33. The highest BCUT2D eigenvalue weighted by Gasteiger charge is 2.03. The van der Waals surface area contributed by atoms with Crippen LogP contribution in [0.25, 0.3) is 0 Å². The first kappa shape index (κ1) is 12.8. The molecular weight excluding hydrogens is 194 g/mol. The quantitative estimate of drug-likeness (QED) is 0.744. The van der Waals surface area contributed by atoms with E-state index in [-0.39, 0.29) is 0 Å². The van der Waals surface area contributed by atoms with Gasteiger partial charge in [-0.3, -0.25) is 0 Å². The fourth-order valence-electron chi connectivity index (χ4n) is 1.68. The molecule has 0 saturated carbocycles. The summed E-state index contributed by atoms with van der Waals surface area (Å²) in [6.07, 6.45) is 7.21. The van der Waals surface area contributed by atoms with E-state index in [9.17, 15) is 0 Å². The lowest BCUT2D eigenvalue weighted by molar-refractivity contribution is 0.506. The maximum atomic E-state index is 5.33. The monoisotopic (exact) mass is 215 g/mol. The van der Waals surface area contributed by atoms with Gasteiger partial charge in [-0.2, -0.15) is 0 Å². The van der Waals surface area contributed by atoms with Crippen LogP contribution in [0.2, 0.25) is 0 Å². The van der Waals surface area contributed by atoms with Crippen molar-refractivity contribution in [1.82, 2.24) is 5.32 Å². The summed E-state index contributed by atoms with van der Waals surface area (Å²) in [5, 5.41) is 3.49. The number of hydrogen-bond acceptors (Lipinski definition) is 1. The Hall–Kier alpha value is -1.26. The predicted molar refractivity (Wildman–Crippen MR) is 70.3 cm³/mol. The van der Waals surface area contributed by atoms with E-state index >= 15 is 0 Å². The largest absolute Gasteiger partial charge is 0.309 e. The van der Waals surface area contributed by atoms with Crippen molar-refractivity contribution in [1.29, 1.82) is 0 Å². The summed E-state index contributed by atoms with van der Waals surface area (Å²) >= 11 is 0. The molecule has 0 amide bonds. The van der Waals surface area contributed by atoms with E-state index < -0.39 is 0 Å². The highest BCUT2D eigenvalue weighted by Crippen LogP contribution is 2.10. The van der Waals surface area contributed by atoms with E-state index in [0.717, 1.165) is 19.4 Å². The van der Waals surface area contributed by atoms with Crippen LogP contribution in [0.1, 0.15) is 36.5 Å². The van der Waals surface area contributed by atoms with Crippen LogP contribution in [0, 0.1) is 26.2 Å². The van der Waals surface area contributed by atoms with Crippen LogP contribution < -0.4 is 5.32 Å². The zero-order valence-electron chi connectivity index (χ0n) is 10.5. The molecule has 0 heterocycles. The molecule has 1 heteroatoms. The SMILES string of the molecule is C#CCC(CC)NCc1ccc(C)c(C)c1. The van der Waals surface area contributed by atoms with Gasteiger partial charge < -0.3 is 5.32 Å². The fraction of sp³-hybridized carbons (Fsp3) is 0.467. The number of hydrogen-bond donors (Lipinski definition) is 1. The molecule has 0 spiro atoms. The molecule has 0 aliphatic rings. The molecule has 1 aromatic rings. The highest BCUT2D eigenvalue weighted by atomic mass is 14.9. The zero-order chi connectivity index (χ0) is 12.0. The molecule has 0 fully saturated rings. The van der Waals surface area contributed by atoms with Gasteiger partial charge in [0.1, 0.15) is 0 Å². The Morgan fingerprint density at radius 3 is 2.62 bits per heavy atom. The third kappa shape index (κ3) is 3.72. The fourth-order valence-corrected chi connectivity index (χ4v) is 1.68. The first-order valence-corrected chi connectivity index (χ1v) is 5.90. The van der Waals surface area contributed by atoms with E-state index in [1.165, 1.54) is 16.7 Å². The van der Waals surface area contributed by atoms with E-state index in [1.807, 2.05) is 0 Å². The summed E-state index contributed by atoms with van der Waals surface area (Å²) in [4.78, 5) is 0. The number of benzene rings is 1. The van der Waals surface area contributed by atoms with Gasteiger partial charge in [0, 0.05) is 19.0 Å². The van der Waals surface area contributed by atoms with Crippen molar-refractivity contribution < 1.29 is 0 Å². The lowest BCUT2D eigenvalue weighted by atomic mass is 10.1. The van der Waals surface area contributed by atoms with Crippen molar-refractivity contribution in [2.75, 3.05) is 0 Å². The van der Waals surface area contributed by atoms with Crippen LogP contribution in [0.5, 0.6) is 0 Å². The molecule has 0 aliphatic heterocycles. The van der Waals surface area contributed by atoms with Crippen LogP contribution in [0.15, 0.2) is 18.2 Å². The van der Waals surface area contributed by atoms with Gasteiger partial charge in [-0.05, 0) is 37.0 Å². The topological polar surface area (TPSA) is 12.0 Å². The van der Waals surface area contributed by atoms with Crippen LogP contribution in [-0.2, 0) is 6.54 Å². The Morgan fingerprint density at radius 2 is 2.06 bits per heavy atom. The molecule has 86 valence electrons.